The van der Waals surface area contributed by atoms with E-state index >= 15 is 0 Å². The highest BCUT2D eigenvalue weighted by Crippen LogP contribution is 2.39. The lowest BCUT2D eigenvalue weighted by Crippen LogP contribution is -2.38. The predicted octanol–water partition coefficient (Wildman–Crippen LogP) is 3.73. The molecule has 0 unspecified atom stereocenters. The van der Waals surface area contributed by atoms with Gasteiger partial charge in [0.15, 0.2) is 0 Å². The Bertz CT molecular complexity index is 410. The number of hydrogen-bond donors (Lipinski definition) is 0. The number of ether oxygens (including phenoxy) is 1. The van der Waals surface area contributed by atoms with Crippen molar-refractivity contribution in [2.24, 2.45) is 0 Å². The standard InChI is InChI=1S/C15H23NO/c1-10(2)13-6-7-14-15(12(13)5)16(11(3)4)8-9-17-14/h6-7,10-11H,8-9H2,1-5H3. The van der Waals surface area contributed by atoms with Crippen LogP contribution in [0.2, 0.25) is 0 Å². The number of fused-ring (bicyclic) bond motifs is 1. The monoisotopic (exact) mass is 233 g/mol. The van der Waals surface area contributed by atoms with Crippen LogP contribution < -0.4 is 9.64 Å². The van der Waals surface area contributed by atoms with Crippen molar-refractivity contribution in [2.45, 2.75) is 46.6 Å². The Morgan fingerprint density at radius 2 is 1.88 bits per heavy atom. The van der Waals surface area contributed by atoms with Gasteiger partial charge in [0.2, 0.25) is 0 Å². The first kappa shape index (κ1) is 12.3. The molecule has 1 aromatic rings. The van der Waals surface area contributed by atoms with Gasteiger partial charge in [-0.2, -0.15) is 0 Å². The van der Waals surface area contributed by atoms with Gasteiger partial charge in [0, 0.05) is 6.04 Å². The fourth-order valence-corrected chi connectivity index (χ4v) is 2.67. The quantitative estimate of drug-likeness (QED) is 0.772. The van der Waals surface area contributed by atoms with Crippen molar-refractivity contribution >= 4 is 5.69 Å². The van der Waals surface area contributed by atoms with Gasteiger partial charge in [0.05, 0.1) is 12.2 Å². The Kier molecular flexibility index (Phi) is 3.32. The maximum Gasteiger partial charge on any atom is 0.142 e. The molecule has 1 heterocycles. The lowest BCUT2D eigenvalue weighted by atomic mass is 9.95. The SMILES string of the molecule is Cc1c(C(C)C)ccc2c1N(C(C)C)CCO2. The van der Waals surface area contributed by atoms with Crippen LogP contribution in [0.5, 0.6) is 5.75 Å². The van der Waals surface area contributed by atoms with E-state index in [2.05, 4.69) is 51.7 Å². The van der Waals surface area contributed by atoms with Gasteiger partial charge in [-0.25, -0.2) is 0 Å². The fourth-order valence-electron chi connectivity index (χ4n) is 2.67. The molecule has 1 aliphatic rings. The molecule has 2 rings (SSSR count). The van der Waals surface area contributed by atoms with E-state index < -0.39 is 0 Å². The molecule has 2 heteroatoms. The molecular formula is C15H23NO. The topological polar surface area (TPSA) is 12.5 Å². The largest absolute Gasteiger partial charge is 0.490 e. The van der Waals surface area contributed by atoms with E-state index in [1.54, 1.807) is 0 Å². The van der Waals surface area contributed by atoms with Gasteiger partial charge in [-0.1, -0.05) is 19.9 Å². The molecule has 2 nitrogen and oxygen atoms in total. The third-order valence-corrected chi connectivity index (χ3v) is 3.56. The summed E-state index contributed by atoms with van der Waals surface area (Å²) in [6, 6.07) is 4.87. The zero-order valence-corrected chi connectivity index (χ0v) is 11.6. The van der Waals surface area contributed by atoms with Crippen LogP contribution >= 0.6 is 0 Å². The summed E-state index contributed by atoms with van der Waals surface area (Å²) >= 11 is 0. The highest BCUT2D eigenvalue weighted by atomic mass is 16.5. The van der Waals surface area contributed by atoms with E-state index in [1.807, 2.05) is 0 Å². The van der Waals surface area contributed by atoms with Crippen molar-refractivity contribution in [3.05, 3.63) is 23.3 Å². The minimum Gasteiger partial charge on any atom is -0.490 e. The summed E-state index contributed by atoms with van der Waals surface area (Å²) in [7, 11) is 0. The molecule has 1 aliphatic heterocycles. The molecule has 0 atom stereocenters. The van der Waals surface area contributed by atoms with Crippen LogP contribution in [0.4, 0.5) is 5.69 Å². The molecule has 0 amide bonds. The number of rotatable bonds is 2. The van der Waals surface area contributed by atoms with Gasteiger partial charge in [-0.05, 0) is 43.9 Å². The summed E-state index contributed by atoms with van der Waals surface area (Å²) in [4.78, 5) is 2.46. The second-order valence-electron chi connectivity index (χ2n) is 5.42. The summed E-state index contributed by atoms with van der Waals surface area (Å²) in [6.07, 6.45) is 0. The summed E-state index contributed by atoms with van der Waals surface area (Å²) in [5.74, 6) is 1.61. The summed E-state index contributed by atoms with van der Waals surface area (Å²) in [5.41, 5.74) is 4.11. The van der Waals surface area contributed by atoms with E-state index in [1.165, 1.54) is 16.8 Å². The van der Waals surface area contributed by atoms with E-state index in [9.17, 15) is 0 Å². The summed E-state index contributed by atoms with van der Waals surface area (Å²) in [6.45, 7) is 13.0. The summed E-state index contributed by atoms with van der Waals surface area (Å²) in [5, 5.41) is 0. The van der Waals surface area contributed by atoms with Gasteiger partial charge in [0.25, 0.3) is 0 Å². The van der Waals surface area contributed by atoms with E-state index in [-0.39, 0.29) is 0 Å². The van der Waals surface area contributed by atoms with E-state index in [4.69, 9.17) is 4.74 Å². The van der Waals surface area contributed by atoms with Crippen LogP contribution in [0.25, 0.3) is 0 Å². The van der Waals surface area contributed by atoms with Gasteiger partial charge in [0.1, 0.15) is 12.4 Å². The van der Waals surface area contributed by atoms with Gasteiger partial charge in [-0.15, -0.1) is 0 Å². The first-order chi connectivity index (χ1) is 8.02. The zero-order chi connectivity index (χ0) is 12.6. The molecule has 94 valence electrons. The molecule has 0 bridgehead atoms. The van der Waals surface area contributed by atoms with Crippen molar-refractivity contribution in [1.29, 1.82) is 0 Å². The number of hydrogen-bond acceptors (Lipinski definition) is 2. The summed E-state index contributed by atoms with van der Waals surface area (Å²) < 4.78 is 5.78. The highest BCUT2D eigenvalue weighted by Gasteiger charge is 2.24. The Hall–Kier alpha value is -1.18. The molecule has 0 N–H and O–H groups in total. The zero-order valence-electron chi connectivity index (χ0n) is 11.6. The van der Waals surface area contributed by atoms with Crippen molar-refractivity contribution < 1.29 is 4.74 Å². The Morgan fingerprint density at radius 1 is 1.18 bits per heavy atom. The first-order valence-electron chi connectivity index (χ1n) is 6.55. The van der Waals surface area contributed by atoms with Crippen molar-refractivity contribution in [1.82, 2.24) is 0 Å². The number of nitrogens with zero attached hydrogens (tertiary/aromatic N) is 1. The lowest BCUT2D eigenvalue weighted by Gasteiger charge is -2.36. The molecule has 17 heavy (non-hydrogen) atoms. The molecule has 0 aromatic heterocycles. The Balaban J connectivity index is 2.53. The second kappa shape index (κ2) is 4.59. The van der Waals surface area contributed by atoms with Crippen LogP contribution in [-0.4, -0.2) is 19.2 Å². The van der Waals surface area contributed by atoms with Crippen molar-refractivity contribution in [2.75, 3.05) is 18.1 Å². The van der Waals surface area contributed by atoms with Crippen molar-refractivity contribution in [3.63, 3.8) is 0 Å². The average Bonchev–Trinajstić information content (AvgIpc) is 2.28. The fraction of sp³-hybridized carbons (Fsp3) is 0.600. The van der Waals surface area contributed by atoms with E-state index in [0.717, 1.165) is 18.9 Å². The lowest BCUT2D eigenvalue weighted by molar-refractivity contribution is 0.302. The van der Waals surface area contributed by atoms with Crippen LogP contribution in [0.1, 0.15) is 44.7 Å². The minimum atomic E-state index is 0.527. The van der Waals surface area contributed by atoms with Crippen LogP contribution in [0, 0.1) is 6.92 Å². The Labute approximate surface area is 105 Å². The average molecular weight is 233 g/mol. The van der Waals surface area contributed by atoms with E-state index in [0.29, 0.717) is 12.0 Å². The predicted molar refractivity (Wildman–Crippen MR) is 73.2 cm³/mol. The molecule has 1 aromatic carbocycles. The normalized spacial score (nSPS) is 15.1. The Morgan fingerprint density at radius 3 is 2.47 bits per heavy atom. The van der Waals surface area contributed by atoms with Crippen LogP contribution in [-0.2, 0) is 0 Å². The minimum absolute atomic E-state index is 0.527. The molecule has 0 saturated heterocycles. The smallest absolute Gasteiger partial charge is 0.142 e. The third kappa shape index (κ3) is 2.13. The molecule has 0 spiro atoms. The third-order valence-electron chi connectivity index (χ3n) is 3.56. The molecule has 0 aliphatic carbocycles. The number of anilines is 1. The maximum atomic E-state index is 5.78. The number of benzene rings is 1. The molecule has 0 radical (unpaired) electrons. The first-order valence-corrected chi connectivity index (χ1v) is 6.55. The molecular weight excluding hydrogens is 210 g/mol. The second-order valence-corrected chi connectivity index (χ2v) is 5.42. The molecule has 0 fully saturated rings. The molecule has 0 saturated carbocycles. The van der Waals surface area contributed by atoms with Crippen LogP contribution in [0.15, 0.2) is 12.1 Å². The van der Waals surface area contributed by atoms with Gasteiger partial charge < -0.3 is 9.64 Å². The highest BCUT2D eigenvalue weighted by molar-refractivity contribution is 5.67. The van der Waals surface area contributed by atoms with Crippen molar-refractivity contribution in [3.8, 4) is 5.75 Å². The maximum absolute atomic E-state index is 5.78. The van der Waals surface area contributed by atoms with Gasteiger partial charge in [-0.3, -0.25) is 0 Å². The van der Waals surface area contributed by atoms with Crippen LogP contribution in [0.3, 0.4) is 0 Å². The van der Waals surface area contributed by atoms with Gasteiger partial charge >= 0.3 is 0 Å².